The van der Waals surface area contributed by atoms with E-state index in [1.807, 2.05) is 25.7 Å². The van der Waals surface area contributed by atoms with Gasteiger partial charge in [-0.2, -0.15) is 0 Å². The predicted molar refractivity (Wildman–Crippen MR) is 112 cm³/mol. The third kappa shape index (κ3) is 4.19. The molecule has 2 atom stereocenters. The number of carbonyl (C=O) groups excluding carboxylic acids is 1. The first-order chi connectivity index (χ1) is 13.4. The molecular weight excluding hydrogens is 352 g/mol. The van der Waals surface area contributed by atoms with Crippen LogP contribution in [0.25, 0.3) is 5.57 Å². The van der Waals surface area contributed by atoms with Gasteiger partial charge >= 0.3 is 6.09 Å². The van der Waals surface area contributed by atoms with E-state index >= 15 is 0 Å². The van der Waals surface area contributed by atoms with Crippen molar-refractivity contribution in [2.45, 2.75) is 64.1 Å². The number of benzene rings is 1. The van der Waals surface area contributed by atoms with Gasteiger partial charge in [-0.1, -0.05) is 18.2 Å². The van der Waals surface area contributed by atoms with Crippen molar-refractivity contribution in [3.05, 3.63) is 35.9 Å². The van der Waals surface area contributed by atoms with Gasteiger partial charge in [0.05, 0.1) is 19.3 Å². The summed E-state index contributed by atoms with van der Waals surface area (Å²) in [5.74, 6) is 0. The second-order valence-corrected chi connectivity index (χ2v) is 9.08. The lowest BCUT2D eigenvalue weighted by Gasteiger charge is -2.45. The number of nitrogens with zero attached hydrogens (tertiary/aromatic N) is 2. The number of amides is 1. The van der Waals surface area contributed by atoms with Gasteiger partial charge in [-0.15, -0.1) is 0 Å². The second-order valence-electron chi connectivity index (χ2n) is 9.08. The number of ether oxygens (including phenoxy) is 2. The molecule has 2 fully saturated rings. The van der Waals surface area contributed by atoms with Gasteiger partial charge in [0.15, 0.2) is 0 Å². The quantitative estimate of drug-likeness (QED) is 0.755. The highest BCUT2D eigenvalue weighted by molar-refractivity contribution is 5.75. The van der Waals surface area contributed by atoms with E-state index in [4.69, 9.17) is 9.47 Å². The van der Waals surface area contributed by atoms with Crippen molar-refractivity contribution in [3.8, 4) is 0 Å². The molecule has 5 nitrogen and oxygen atoms in total. The van der Waals surface area contributed by atoms with Gasteiger partial charge in [-0.3, -0.25) is 4.90 Å². The minimum absolute atomic E-state index is 0.149. The molecule has 0 N–H and O–H groups in total. The molecule has 4 rings (SSSR count). The van der Waals surface area contributed by atoms with Crippen LogP contribution in [0.5, 0.6) is 0 Å². The van der Waals surface area contributed by atoms with Crippen LogP contribution >= 0.6 is 0 Å². The highest BCUT2D eigenvalue weighted by Gasteiger charge is 2.39. The number of carbonyl (C=O) groups is 1. The molecule has 0 aliphatic carbocycles. The topological polar surface area (TPSA) is 42.0 Å². The lowest BCUT2D eigenvalue weighted by atomic mass is 9.83. The fraction of sp³-hybridized carbons (Fsp3) is 0.609. The molecule has 3 heterocycles. The SMILES string of the molecule is CC(C)(C)OC(=O)N1C2C=C(c3ccc(N4CCOCC4)cc3)CC1CCC2. The molecule has 2 saturated heterocycles. The fourth-order valence-electron chi connectivity index (χ4n) is 4.55. The zero-order chi connectivity index (χ0) is 19.7. The average molecular weight is 385 g/mol. The molecule has 0 aromatic heterocycles. The van der Waals surface area contributed by atoms with Gasteiger partial charge in [0.2, 0.25) is 0 Å². The van der Waals surface area contributed by atoms with Crippen LogP contribution in [0.4, 0.5) is 10.5 Å². The number of piperidine rings is 1. The molecule has 1 aromatic rings. The monoisotopic (exact) mass is 384 g/mol. The van der Waals surface area contributed by atoms with Crippen LogP contribution in [-0.4, -0.2) is 55.0 Å². The molecule has 152 valence electrons. The Morgan fingerprint density at radius 1 is 1.11 bits per heavy atom. The van der Waals surface area contributed by atoms with Crippen LogP contribution in [0, 0.1) is 0 Å². The Bertz CT molecular complexity index is 729. The summed E-state index contributed by atoms with van der Waals surface area (Å²) in [4.78, 5) is 17.1. The van der Waals surface area contributed by atoms with E-state index < -0.39 is 5.60 Å². The summed E-state index contributed by atoms with van der Waals surface area (Å²) in [5, 5.41) is 0. The maximum absolute atomic E-state index is 12.7. The summed E-state index contributed by atoms with van der Waals surface area (Å²) in [7, 11) is 0. The molecule has 0 saturated carbocycles. The Labute approximate surface area is 168 Å². The Balaban J connectivity index is 1.51. The van der Waals surface area contributed by atoms with E-state index in [1.54, 1.807) is 0 Å². The van der Waals surface area contributed by atoms with Crippen molar-refractivity contribution < 1.29 is 14.3 Å². The molecule has 3 aliphatic rings. The summed E-state index contributed by atoms with van der Waals surface area (Å²) in [6.45, 7) is 9.31. The number of hydrogen-bond acceptors (Lipinski definition) is 4. The lowest BCUT2D eigenvalue weighted by Crippen LogP contribution is -2.53. The molecule has 1 aromatic carbocycles. The minimum Gasteiger partial charge on any atom is -0.444 e. The van der Waals surface area contributed by atoms with Crippen molar-refractivity contribution in [2.24, 2.45) is 0 Å². The fourth-order valence-corrected chi connectivity index (χ4v) is 4.55. The first-order valence-electron chi connectivity index (χ1n) is 10.6. The van der Waals surface area contributed by atoms with E-state index in [0.717, 1.165) is 45.6 Å². The van der Waals surface area contributed by atoms with Crippen LogP contribution in [0.1, 0.15) is 52.0 Å². The van der Waals surface area contributed by atoms with Crippen LogP contribution in [-0.2, 0) is 9.47 Å². The highest BCUT2D eigenvalue weighted by Crippen LogP contribution is 2.38. The Morgan fingerprint density at radius 3 is 2.46 bits per heavy atom. The first kappa shape index (κ1) is 19.3. The molecule has 5 heteroatoms. The van der Waals surface area contributed by atoms with Gasteiger partial charge in [0, 0.05) is 24.8 Å². The van der Waals surface area contributed by atoms with Crippen LogP contribution in [0.3, 0.4) is 0 Å². The summed E-state index contributed by atoms with van der Waals surface area (Å²) in [6.07, 6.45) is 6.29. The number of anilines is 1. The molecule has 2 unspecified atom stereocenters. The van der Waals surface area contributed by atoms with E-state index in [9.17, 15) is 4.79 Å². The van der Waals surface area contributed by atoms with Crippen LogP contribution in [0.15, 0.2) is 30.3 Å². The van der Waals surface area contributed by atoms with Gasteiger partial charge in [0.1, 0.15) is 5.60 Å². The molecule has 0 radical (unpaired) electrons. The Morgan fingerprint density at radius 2 is 1.82 bits per heavy atom. The third-order valence-corrected chi connectivity index (χ3v) is 5.86. The zero-order valence-corrected chi connectivity index (χ0v) is 17.3. The van der Waals surface area contributed by atoms with E-state index in [1.165, 1.54) is 23.2 Å². The molecule has 3 aliphatic heterocycles. The summed E-state index contributed by atoms with van der Waals surface area (Å²) in [6, 6.07) is 9.30. The average Bonchev–Trinajstić information content (AvgIpc) is 2.66. The number of fused-ring (bicyclic) bond motifs is 2. The van der Waals surface area contributed by atoms with E-state index in [2.05, 4.69) is 35.2 Å². The van der Waals surface area contributed by atoms with Gasteiger partial charge in [-0.25, -0.2) is 4.79 Å². The number of hydrogen-bond donors (Lipinski definition) is 0. The third-order valence-electron chi connectivity index (χ3n) is 5.86. The summed E-state index contributed by atoms with van der Waals surface area (Å²) < 4.78 is 11.1. The van der Waals surface area contributed by atoms with E-state index in [0.29, 0.717) is 0 Å². The van der Waals surface area contributed by atoms with Crippen LogP contribution in [0.2, 0.25) is 0 Å². The van der Waals surface area contributed by atoms with Gasteiger partial charge < -0.3 is 14.4 Å². The number of morpholine rings is 1. The van der Waals surface area contributed by atoms with Crippen molar-refractivity contribution in [1.29, 1.82) is 0 Å². The standard InChI is InChI=1S/C23H32N2O3/c1-23(2,3)28-22(26)25-20-5-4-6-21(25)16-18(15-20)17-7-9-19(10-8-17)24-11-13-27-14-12-24/h7-10,15,20-21H,4-6,11-14,16H2,1-3H3. The Hall–Kier alpha value is -2.01. The maximum Gasteiger partial charge on any atom is 0.411 e. The molecular formula is C23H32N2O3. The maximum atomic E-state index is 12.7. The smallest absolute Gasteiger partial charge is 0.411 e. The molecule has 28 heavy (non-hydrogen) atoms. The minimum atomic E-state index is -0.454. The molecule has 1 amide bonds. The van der Waals surface area contributed by atoms with E-state index in [-0.39, 0.29) is 18.2 Å². The van der Waals surface area contributed by atoms with Crippen molar-refractivity contribution in [3.63, 3.8) is 0 Å². The lowest BCUT2D eigenvalue weighted by molar-refractivity contribution is 0.0000844. The second kappa shape index (κ2) is 7.78. The van der Waals surface area contributed by atoms with Gasteiger partial charge in [-0.05, 0) is 69.7 Å². The van der Waals surface area contributed by atoms with Gasteiger partial charge in [0.25, 0.3) is 0 Å². The molecule has 0 spiro atoms. The Kier molecular flexibility index (Phi) is 5.37. The summed E-state index contributed by atoms with van der Waals surface area (Å²) in [5.41, 5.74) is 3.45. The van der Waals surface area contributed by atoms with Crippen molar-refractivity contribution in [1.82, 2.24) is 4.90 Å². The first-order valence-corrected chi connectivity index (χ1v) is 10.6. The predicted octanol–water partition coefficient (Wildman–Crippen LogP) is 4.47. The zero-order valence-electron chi connectivity index (χ0n) is 17.3. The number of rotatable bonds is 2. The molecule has 2 bridgehead atoms. The van der Waals surface area contributed by atoms with Crippen molar-refractivity contribution in [2.75, 3.05) is 31.2 Å². The van der Waals surface area contributed by atoms with Crippen LogP contribution < -0.4 is 4.90 Å². The normalized spacial score (nSPS) is 25.3. The summed E-state index contributed by atoms with van der Waals surface area (Å²) >= 11 is 0. The van der Waals surface area contributed by atoms with Crippen molar-refractivity contribution >= 4 is 17.4 Å². The highest BCUT2D eigenvalue weighted by atomic mass is 16.6. The largest absolute Gasteiger partial charge is 0.444 e.